The molecule has 8 bridgehead atoms. The van der Waals surface area contributed by atoms with E-state index in [1.165, 1.54) is 0 Å². The average Bonchev–Trinajstić information content (AvgIpc) is 3.85. The van der Waals surface area contributed by atoms with Crippen molar-refractivity contribution in [3.63, 3.8) is 0 Å². The topological polar surface area (TPSA) is 117 Å². The Hall–Kier alpha value is -2.74. The number of nitrogens with zero attached hydrogens (tertiary/aromatic N) is 7. The Kier molecular flexibility index (Phi) is 7.32. The third-order valence-electron chi connectivity index (χ3n) is 11.7. The molecule has 0 radical (unpaired) electrons. The monoisotopic (exact) mass is 655 g/mol. The summed E-state index contributed by atoms with van der Waals surface area (Å²) in [6.07, 6.45) is 8.03. The third kappa shape index (κ3) is 4.86. The smallest absolute Gasteiger partial charge is 0.319 e. The molecule has 3 aromatic heterocycles. The molecule has 5 fully saturated rings. The number of ether oxygens (including phenoxy) is 1. The number of hydrazine groups is 1. The molecular formula is C32H40ClF2N9O2. The Bertz CT molecular complexity index is 1630. The van der Waals surface area contributed by atoms with E-state index in [0.29, 0.717) is 61.1 Å². The molecule has 246 valence electrons. The van der Waals surface area contributed by atoms with Crippen molar-refractivity contribution in [2.75, 3.05) is 44.2 Å². The normalized spacial score (nSPS) is 35.9. The van der Waals surface area contributed by atoms with Gasteiger partial charge in [0.2, 0.25) is 5.89 Å². The molecule has 1 saturated carbocycles. The highest BCUT2D eigenvalue weighted by molar-refractivity contribution is 6.21. The largest absolute Gasteiger partial charge is 0.461 e. The van der Waals surface area contributed by atoms with Crippen LogP contribution in [-0.2, 0) is 6.42 Å². The van der Waals surface area contributed by atoms with E-state index >= 15 is 4.39 Å². The summed E-state index contributed by atoms with van der Waals surface area (Å²) < 4.78 is 43.7. The highest BCUT2D eigenvalue weighted by atomic mass is 35.5. The summed E-state index contributed by atoms with van der Waals surface area (Å²) in [6.45, 7) is 3.60. The summed E-state index contributed by atoms with van der Waals surface area (Å²) in [5.41, 5.74) is 6.91. The summed E-state index contributed by atoms with van der Waals surface area (Å²) >= 11 is 7.10. The standard InChI is InChI=1S/C32H40ClF2N9O2/c33-22-10-23-20(13-37-41-23)25-19(22)5-1-6-24-38-29(42-46-24)17-4-2-8-43(14-17)30-21-12-36-28(25)26(35)27(21)39-31(40-30)45-16-32-7-3-9-44(32)15-18(34)11-32/h12,17-20,22-23,25,37,41H,1-11,13-16H2/t17-,18-,19?,20?,22?,23?,25?,32+/m1/s1. The minimum atomic E-state index is -0.872. The van der Waals surface area contributed by atoms with Crippen LogP contribution in [0.15, 0.2) is 10.7 Å². The molecule has 8 atom stereocenters. The Morgan fingerprint density at radius 1 is 1.11 bits per heavy atom. The second-order valence-electron chi connectivity index (χ2n) is 14.4. The summed E-state index contributed by atoms with van der Waals surface area (Å²) in [7, 11) is 0. The molecular weight excluding hydrogens is 616 g/mol. The van der Waals surface area contributed by atoms with Crippen LogP contribution in [0.5, 0.6) is 6.01 Å². The van der Waals surface area contributed by atoms with Crippen LogP contribution in [0, 0.1) is 17.7 Å². The summed E-state index contributed by atoms with van der Waals surface area (Å²) in [4.78, 5) is 23.7. The number of rotatable bonds is 3. The van der Waals surface area contributed by atoms with Crippen molar-refractivity contribution in [3.05, 3.63) is 29.4 Å². The van der Waals surface area contributed by atoms with Gasteiger partial charge in [-0.25, -0.2) is 8.78 Å². The van der Waals surface area contributed by atoms with E-state index in [0.717, 1.165) is 58.0 Å². The molecule has 1 aliphatic carbocycles. The maximum Gasteiger partial charge on any atom is 0.319 e. The number of nitrogens with one attached hydrogen (secondary N) is 2. The number of hydrogen-bond acceptors (Lipinski definition) is 11. The molecule has 0 aromatic carbocycles. The second kappa shape index (κ2) is 11.5. The molecule has 6 aliphatic heterocycles. The van der Waals surface area contributed by atoms with Crippen molar-refractivity contribution in [1.82, 2.24) is 40.8 Å². The average molecular weight is 656 g/mol. The van der Waals surface area contributed by atoms with Gasteiger partial charge in [0.25, 0.3) is 0 Å². The van der Waals surface area contributed by atoms with Crippen LogP contribution in [-0.4, -0.2) is 92.5 Å². The molecule has 9 heterocycles. The first-order valence-electron chi connectivity index (χ1n) is 17.0. The van der Waals surface area contributed by atoms with Gasteiger partial charge in [0.05, 0.1) is 16.6 Å². The maximum absolute atomic E-state index is 17.1. The minimum absolute atomic E-state index is 0.00276. The van der Waals surface area contributed by atoms with Crippen LogP contribution < -0.4 is 20.5 Å². The fraction of sp³-hybridized carbons (Fsp3) is 0.719. The SMILES string of the molecule is Fc1c2ncc3c(nc(OC[C@@]45CCCN4C[C@H](F)C5)nc13)N1CCC[C@H](C1)c1noc(n1)CCCC1C(Cl)CC3NNCC3C21. The van der Waals surface area contributed by atoms with Crippen molar-refractivity contribution in [1.29, 1.82) is 0 Å². The molecule has 3 aromatic rings. The van der Waals surface area contributed by atoms with Crippen LogP contribution >= 0.6 is 11.6 Å². The molecule has 5 unspecified atom stereocenters. The first-order valence-corrected chi connectivity index (χ1v) is 17.5. The lowest BCUT2D eigenvalue weighted by atomic mass is 9.66. The van der Waals surface area contributed by atoms with E-state index in [1.807, 2.05) is 0 Å². The number of fused-ring (bicyclic) bond motifs is 5. The number of piperidine rings is 1. The molecule has 0 amide bonds. The Balaban J connectivity index is 1.17. The lowest BCUT2D eigenvalue weighted by Crippen LogP contribution is -2.45. The van der Waals surface area contributed by atoms with E-state index < -0.39 is 12.0 Å². The van der Waals surface area contributed by atoms with Crippen molar-refractivity contribution < 1.29 is 18.0 Å². The van der Waals surface area contributed by atoms with Gasteiger partial charge < -0.3 is 14.2 Å². The van der Waals surface area contributed by atoms with Crippen LogP contribution in [0.1, 0.15) is 80.6 Å². The number of alkyl halides is 2. The number of hydrogen-bond donors (Lipinski definition) is 2. The van der Waals surface area contributed by atoms with E-state index in [1.54, 1.807) is 6.20 Å². The van der Waals surface area contributed by atoms with Gasteiger partial charge in [-0.2, -0.15) is 15.0 Å². The maximum atomic E-state index is 17.1. The molecule has 2 N–H and O–H groups in total. The molecule has 4 saturated heterocycles. The van der Waals surface area contributed by atoms with Crippen LogP contribution in [0.3, 0.4) is 0 Å². The summed E-state index contributed by atoms with van der Waals surface area (Å²) in [6, 6.07) is 0.235. The van der Waals surface area contributed by atoms with Gasteiger partial charge in [-0.3, -0.25) is 20.7 Å². The minimum Gasteiger partial charge on any atom is -0.461 e. The molecule has 10 rings (SSSR count). The van der Waals surface area contributed by atoms with Gasteiger partial charge in [-0.15, -0.1) is 11.6 Å². The van der Waals surface area contributed by atoms with E-state index in [2.05, 4.69) is 25.8 Å². The van der Waals surface area contributed by atoms with Gasteiger partial charge in [0.1, 0.15) is 24.1 Å². The van der Waals surface area contributed by atoms with Crippen LogP contribution in [0.25, 0.3) is 10.9 Å². The predicted octanol–water partition coefficient (Wildman–Crippen LogP) is 4.03. The number of halogens is 3. The zero-order valence-corrected chi connectivity index (χ0v) is 26.6. The Labute approximate surface area is 271 Å². The quantitative estimate of drug-likeness (QED) is 0.399. The van der Waals surface area contributed by atoms with Crippen LogP contribution in [0.2, 0.25) is 0 Å². The molecule has 11 nitrogen and oxygen atoms in total. The van der Waals surface area contributed by atoms with E-state index in [4.69, 9.17) is 40.8 Å². The Morgan fingerprint density at radius 3 is 2.98 bits per heavy atom. The second-order valence-corrected chi connectivity index (χ2v) is 14.9. The fourth-order valence-corrected chi connectivity index (χ4v) is 9.99. The lowest BCUT2D eigenvalue weighted by molar-refractivity contribution is 0.107. The summed E-state index contributed by atoms with van der Waals surface area (Å²) in [5, 5.41) is 4.78. The van der Waals surface area contributed by atoms with Crippen molar-refractivity contribution in [2.24, 2.45) is 11.8 Å². The first-order chi connectivity index (χ1) is 22.5. The molecule has 14 heteroatoms. The van der Waals surface area contributed by atoms with E-state index in [-0.39, 0.29) is 58.8 Å². The van der Waals surface area contributed by atoms with Gasteiger partial charge >= 0.3 is 6.01 Å². The first kappa shape index (κ1) is 29.4. The van der Waals surface area contributed by atoms with Crippen LogP contribution in [0.4, 0.5) is 14.6 Å². The van der Waals surface area contributed by atoms with Gasteiger partial charge in [0, 0.05) is 68.5 Å². The highest BCUT2D eigenvalue weighted by Gasteiger charge is 2.50. The molecule has 46 heavy (non-hydrogen) atoms. The molecule has 0 spiro atoms. The third-order valence-corrected chi connectivity index (χ3v) is 12.2. The van der Waals surface area contributed by atoms with Gasteiger partial charge in [0.15, 0.2) is 11.6 Å². The highest BCUT2D eigenvalue weighted by Crippen LogP contribution is 2.48. The number of aromatic nitrogens is 5. The van der Waals surface area contributed by atoms with Gasteiger partial charge in [-0.1, -0.05) is 5.16 Å². The Morgan fingerprint density at radius 2 is 2.04 bits per heavy atom. The number of anilines is 1. The van der Waals surface area contributed by atoms with Crippen molar-refractivity contribution >= 4 is 28.3 Å². The molecule has 7 aliphatic rings. The zero-order chi connectivity index (χ0) is 31.0. The fourth-order valence-electron chi connectivity index (χ4n) is 9.52. The van der Waals surface area contributed by atoms with Crippen molar-refractivity contribution in [2.45, 2.75) is 92.8 Å². The predicted molar refractivity (Wildman–Crippen MR) is 166 cm³/mol. The lowest BCUT2D eigenvalue weighted by Gasteiger charge is -2.42. The number of aryl methyl sites for hydroxylation is 1. The number of pyridine rings is 1. The van der Waals surface area contributed by atoms with Crippen molar-refractivity contribution in [3.8, 4) is 6.01 Å². The zero-order valence-electron chi connectivity index (χ0n) is 25.8. The van der Waals surface area contributed by atoms with E-state index in [9.17, 15) is 4.39 Å². The summed E-state index contributed by atoms with van der Waals surface area (Å²) in [5.74, 6) is 1.45. The van der Waals surface area contributed by atoms with Gasteiger partial charge in [-0.05, 0) is 63.3 Å².